The summed E-state index contributed by atoms with van der Waals surface area (Å²) in [5.41, 5.74) is -0.228. The van der Waals surface area contributed by atoms with E-state index in [1.807, 2.05) is 6.92 Å². The third-order valence-electron chi connectivity index (χ3n) is 4.97. The molecule has 11 heteroatoms. The van der Waals surface area contributed by atoms with E-state index in [2.05, 4.69) is 12.2 Å². The predicted octanol–water partition coefficient (Wildman–Crippen LogP) is 4.51. The molecule has 31 heavy (non-hydrogen) atoms. The Morgan fingerprint density at radius 1 is 1.19 bits per heavy atom. The summed E-state index contributed by atoms with van der Waals surface area (Å²) in [6.07, 6.45) is 3.00. The van der Waals surface area contributed by atoms with E-state index in [9.17, 15) is 29.8 Å². The number of rotatable bonds is 7. The summed E-state index contributed by atoms with van der Waals surface area (Å²) in [5, 5.41) is 25.1. The average molecular weight is 447 g/mol. The first-order valence-electron chi connectivity index (χ1n) is 9.78. The molecular formula is C20H21N3O7S. The second-order valence-electron chi connectivity index (χ2n) is 7.40. The maximum Gasteiger partial charge on any atom is 0.341 e. The number of hydrogen-bond acceptors (Lipinski definition) is 8. The highest BCUT2D eigenvalue weighted by molar-refractivity contribution is 7.17. The minimum atomic E-state index is -0.803. The van der Waals surface area contributed by atoms with Gasteiger partial charge in [0.1, 0.15) is 5.00 Å². The highest BCUT2D eigenvalue weighted by Gasteiger charge is 2.30. The van der Waals surface area contributed by atoms with Crippen LogP contribution < -0.4 is 5.32 Å². The number of non-ortho nitro benzene ring substituents is 2. The minimum absolute atomic E-state index is 0.240. The molecule has 2 aromatic rings. The molecule has 0 saturated carbocycles. The van der Waals surface area contributed by atoms with E-state index in [0.717, 1.165) is 41.5 Å². The maximum absolute atomic E-state index is 12.8. The van der Waals surface area contributed by atoms with Crippen LogP contribution in [-0.2, 0) is 17.6 Å². The van der Waals surface area contributed by atoms with Crippen molar-refractivity contribution in [2.45, 2.75) is 39.5 Å². The highest BCUT2D eigenvalue weighted by atomic mass is 32.1. The molecule has 0 spiro atoms. The molecule has 0 fully saturated rings. The van der Waals surface area contributed by atoms with E-state index < -0.39 is 33.1 Å². The number of benzene rings is 1. The minimum Gasteiger partial charge on any atom is -0.462 e. The van der Waals surface area contributed by atoms with E-state index in [4.69, 9.17) is 4.74 Å². The zero-order chi connectivity index (χ0) is 22.7. The lowest BCUT2D eigenvalue weighted by molar-refractivity contribution is -0.394. The second-order valence-corrected chi connectivity index (χ2v) is 8.50. The smallest absolute Gasteiger partial charge is 0.341 e. The molecule has 164 valence electrons. The number of thiophene rings is 1. The lowest BCUT2D eigenvalue weighted by Crippen LogP contribution is -2.17. The molecule has 1 aliphatic rings. The van der Waals surface area contributed by atoms with Gasteiger partial charge in [-0.05, 0) is 37.2 Å². The van der Waals surface area contributed by atoms with Crippen LogP contribution in [0.25, 0.3) is 0 Å². The van der Waals surface area contributed by atoms with E-state index in [0.29, 0.717) is 29.3 Å². The quantitative estimate of drug-likeness (QED) is 0.374. The number of nitrogens with zero attached hydrogens (tertiary/aromatic N) is 2. The van der Waals surface area contributed by atoms with Crippen LogP contribution in [0.3, 0.4) is 0 Å². The van der Waals surface area contributed by atoms with Gasteiger partial charge in [0.15, 0.2) is 0 Å². The van der Waals surface area contributed by atoms with Gasteiger partial charge in [0.05, 0.1) is 33.6 Å². The first kappa shape index (κ1) is 22.3. The molecule has 1 atom stereocenters. The maximum atomic E-state index is 12.8. The van der Waals surface area contributed by atoms with Crippen molar-refractivity contribution in [2.75, 3.05) is 11.9 Å². The van der Waals surface area contributed by atoms with Crippen molar-refractivity contribution in [2.24, 2.45) is 5.92 Å². The Morgan fingerprint density at radius 3 is 2.42 bits per heavy atom. The second kappa shape index (κ2) is 9.21. The van der Waals surface area contributed by atoms with E-state index in [1.54, 1.807) is 0 Å². The van der Waals surface area contributed by atoms with Gasteiger partial charge in [0.2, 0.25) is 0 Å². The predicted molar refractivity (Wildman–Crippen MR) is 114 cm³/mol. The molecule has 10 nitrogen and oxygen atoms in total. The molecule has 1 aliphatic carbocycles. The number of esters is 1. The Balaban J connectivity index is 1.98. The number of nitro benzene ring substituents is 2. The van der Waals surface area contributed by atoms with E-state index in [-0.39, 0.29) is 12.2 Å². The first-order valence-corrected chi connectivity index (χ1v) is 10.6. The van der Waals surface area contributed by atoms with Gasteiger partial charge in [-0.15, -0.1) is 11.3 Å². The lowest BCUT2D eigenvalue weighted by atomic mass is 9.88. The summed E-state index contributed by atoms with van der Waals surface area (Å²) >= 11 is 1.27. The van der Waals surface area contributed by atoms with Crippen LogP contribution >= 0.6 is 11.3 Å². The molecule has 1 aromatic carbocycles. The molecule has 0 saturated heterocycles. The Labute approximate surface area is 181 Å². The van der Waals surface area contributed by atoms with Crippen molar-refractivity contribution in [3.8, 4) is 0 Å². The van der Waals surface area contributed by atoms with Crippen molar-refractivity contribution < 1.29 is 24.2 Å². The van der Waals surface area contributed by atoms with Crippen molar-refractivity contribution in [3.63, 3.8) is 0 Å². The summed E-state index contributed by atoms with van der Waals surface area (Å²) in [6.45, 7) is 4.22. The van der Waals surface area contributed by atoms with Gasteiger partial charge in [-0.3, -0.25) is 25.0 Å². The Kier molecular flexibility index (Phi) is 6.64. The average Bonchev–Trinajstić information content (AvgIpc) is 3.08. The van der Waals surface area contributed by atoms with E-state index >= 15 is 0 Å². The molecule has 0 bridgehead atoms. The molecule has 0 radical (unpaired) electrons. The Hall–Kier alpha value is -3.34. The summed E-state index contributed by atoms with van der Waals surface area (Å²) in [7, 11) is 0. The monoisotopic (exact) mass is 447 g/mol. The fourth-order valence-electron chi connectivity index (χ4n) is 3.43. The van der Waals surface area contributed by atoms with Gasteiger partial charge in [-0.25, -0.2) is 4.79 Å². The molecule has 1 heterocycles. The third kappa shape index (κ3) is 4.88. The van der Waals surface area contributed by atoms with Crippen LogP contribution in [0.1, 0.15) is 57.8 Å². The van der Waals surface area contributed by atoms with Crippen LogP contribution in [0.2, 0.25) is 0 Å². The van der Waals surface area contributed by atoms with Crippen LogP contribution in [-0.4, -0.2) is 28.3 Å². The fourth-order valence-corrected chi connectivity index (χ4v) is 4.83. The van der Waals surface area contributed by atoms with E-state index in [1.165, 1.54) is 11.3 Å². The van der Waals surface area contributed by atoms with Crippen molar-refractivity contribution in [1.29, 1.82) is 0 Å². The molecule has 1 N–H and O–H groups in total. The fraction of sp³-hybridized carbons (Fsp3) is 0.400. The van der Waals surface area contributed by atoms with Gasteiger partial charge in [-0.2, -0.15) is 0 Å². The third-order valence-corrected chi connectivity index (χ3v) is 6.14. The summed E-state index contributed by atoms with van der Waals surface area (Å²) in [4.78, 5) is 47.1. The van der Waals surface area contributed by atoms with Crippen LogP contribution in [0.4, 0.5) is 16.4 Å². The number of carbonyl (C=O) groups is 2. The van der Waals surface area contributed by atoms with Crippen LogP contribution in [0.15, 0.2) is 18.2 Å². The molecule has 1 amide bonds. The number of nitrogens with one attached hydrogen (secondary N) is 1. The van der Waals surface area contributed by atoms with Crippen molar-refractivity contribution in [1.82, 2.24) is 0 Å². The van der Waals surface area contributed by atoms with Gasteiger partial charge in [0, 0.05) is 17.0 Å². The number of carbonyl (C=O) groups excluding carboxylic acids is 2. The number of anilines is 1. The number of ether oxygens (including phenoxy) is 1. The largest absolute Gasteiger partial charge is 0.462 e. The standard InChI is InChI=1S/C20H21N3O7S/c1-3-6-30-20(25)17-15-5-4-11(2)7-16(15)31-19(17)21-18(24)12-8-13(22(26)27)10-14(9-12)23(28)29/h8-11H,3-7H2,1-2H3,(H,21,24). The van der Waals surface area contributed by atoms with Gasteiger partial charge in [-0.1, -0.05) is 13.8 Å². The zero-order valence-corrected chi connectivity index (χ0v) is 17.8. The number of hydrogen-bond donors (Lipinski definition) is 1. The Morgan fingerprint density at radius 2 is 1.84 bits per heavy atom. The normalized spacial score (nSPS) is 15.1. The molecular weight excluding hydrogens is 426 g/mol. The van der Waals surface area contributed by atoms with Gasteiger partial charge < -0.3 is 10.1 Å². The Bertz CT molecular complexity index is 1030. The first-order chi connectivity index (χ1) is 14.7. The SMILES string of the molecule is CCCOC(=O)c1c(NC(=O)c2cc([N+](=O)[O-])cc([N+](=O)[O-])c2)sc2c1CCC(C)C2. The number of fused-ring (bicyclic) bond motifs is 1. The topological polar surface area (TPSA) is 142 Å². The summed E-state index contributed by atoms with van der Waals surface area (Å²) < 4.78 is 5.30. The van der Waals surface area contributed by atoms with Gasteiger partial charge in [0.25, 0.3) is 17.3 Å². The zero-order valence-electron chi connectivity index (χ0n) is 17.0. The van der Waals surface area contributed by atoms with Crippen molar-refractivity contribution >= 4 is 39.6 Å². The molecule has 1 aromatic heterocycles. The number of nitro groups is 2. The van der Waals surface area contributed by atoms with Crippen LogP contribution in [0.5, 0.6) is 0 Å². The molecule has 0 aliphatic heterocycles. The van der Waals surface area contributed by atoms with Crippen molar-refractivity contribution in [3.05, 3.63) is 60.0 Å². The molecule has 3 rings (SSSR count). The summed E-state index contributed by atoms with van der Waals surface area (Å²) in [6, 6.07) is 2.72. The molecule has 1 unspecified atom stereocenters. The number of amides is 1. The van der Waals surface area contributed by atoms with Gasteiger partial charge >= 0.3 is 5.97 Å². The van der Waals surface area contributed by atoms with Crippen LogP contribution in [0, 0.1) is 26.1 Å². The lowest BCUT2D eigenvalue weighted by Gasteiger charge is -2.18. The highest BCUT2D eigenvalue weighted by Crippen LogP contribution is 2.40. The summed E-state index contributed by atoms with van der Waals surface area (Å²) in [5.74, 6) is -0.870.